The maximum Gasteiger partial charge on any atom is 0.310 e. The van der Waals surface area contributed by atoms with Crippen LogP contribution in [0.25, 0.3) is 0 Å². The first-order chi connectivity index (χ1) is 6.00. The van der Waals surface area contributed by atoms with Crippen LogP contribution in [-0.4, -0.2) is 16.2 Å². The molecule has 3 nitrogen and oxygen atoms in total. The van der Waals surface area contributed by atoms with Crippen LogP contribution in [0.4, 0.5) is 4.39 Å². The number of halogens is 1. The van der Waals surface area contributed by atoms with Crippen molar-refractivity contribution in [3.8, 4) is 5.75 Å². The van der Waals surface area contributed by atoms with Crippen LogP contribution < -0.4 is 0 Å². The van der Waals surface area contributed by atoms with Crippen molar-refractivity contribution in [1.82, 2.24) is 0 Å². The zero-order chi connectivity index (χ0) is 10.0. The van der Waals surface area contributed by atoms with Gasteiger partial charge in [0.15, 0.2) is 0 Å². The van der Waals surface area contributed by atoms with Gasteiger partial charge < -0.3 is 10.2 Å². The molecular formula is C9H9FO3. The van der Waals surface area contributed by atoms with Gasteiger partial charge in [0.25, 0.3) is 0 Å². The van der Waals surface area contributed by atoms with Crippen molar-refractivity contribution in [2.75, 3.05) is 0 Å². The van der Waals surface area contributed by atoms with E-state index >= 15 is 0 Å². The van der Waals surface area contributed by atoms with E-state index in [0.717, 1.165) is 12.1 Å². The Labute approximate surface area is 74.4 Å². The lowest BCUT2D eigenvalue weighted by Crippen LogP contribution is -2.07. The molecule has 1 aromatic carbocycles. The number of hydrogen-bond acceptors (Lipinski definition) is 2. The number of phenols is 1. The van der Waals surface area contributed by atoms with Gasteiger partial charge in [0, 0.05) is 6.07 Å². The highest BCUT2D eigenvalue weighted by atomic mass is 19.1. The Morgan fingerprint density at radius 2 is 2.08 bits per heavy atom. The first kappa shape index (κ1) is 9.51. The van der Waals surface area contributed by atoms with Crippen molar-refractivity contribution >= 4 is 5.97 Å². The van der Waals surface area contributed by atoms with E-state index in [1.165, 1.54) is 13.0 Å². The van der Waals surface area contributed by atoms with Gasteiger partial charge in [-0.3, -0.25) is 4.79 Å². The molecule has 0 aliphatic rings. The summed E-state index contributed by atoms with van der Waals surface area (Å²) >= 11 is 0. The zero-order valence-electron chi connectivity index (χ0n) is 6.99. The smallest absolute Gasteiger partial charge is 0.310 e. The fraction of sp³-hybridized carbons (Fsp3) is 0.222. The van der Waals surface area contributed by atoms with Crippen molar-refractivity contribution in [2.45, 2.75) is 12.8 Å². The van der Waals surface area contributed by atoms with E-state index in [1.54, 1.807) is 0 Å². The molecule has 1 rings (SSSR count). The van der Waals surface area contributed by atoms with Gasteiger partial charge >= 0.3 is 5.97 Å². The van der Waals surface area contributed by atoms with Crippen LogP contribution in [0.15, 0.2) is 18.2 Å². The van der Waals surface area contributed by atoms with Crippen molar-refractivity contribution in [3.63, 3.8) is 0 Å². The van der Waals surface area contributed by atoms with Gasteiger partial charge in [0.2, 0.25) is 0 Å². The number of phenolic OH excluding ortho intramolecular Hbond substituents is 1. The minimum atomic E-state index is -1.05. The molecule has 2 N–H and O–H groups in total. The molecule has 1 aromatic rings. The lowest BCUT2D eigenvalue weighted by molar-refractivity contribution is -0.138. The monoisotopic (exact) mass is 184 g/mol. The van der Waals surface area contributed by atoms with Crippen LogP contribution in [0, 0.1) is 5.82 Å². The van der Waals surface area contributed by atoms with Crippen molar-refractivity contribution in [2.24, 2.45) is 0 Å². The van der Waals surface area contributed by atoms with Crippen LogP contribution in [0.3, 0.4) is 0 Å². The second-order valence-corrected chi connectivity index (χ2v) is 2.80. The number of hydrogen-bond donors (Lipinski definition) is 2. The average Bonchev–Trinajstić information content (AvgIpc) is 2.01. The lowest BCUT2D eigenvalue weighted by atomic mass is 10.0. The number of aromatic hydroxyl groups is 1. The molecule has 13 heavy (non-hydrogen) atoms. The topological polar surface area (TPSA) is 57.5 Å². The molecule has 0 saturated heterocycles. The molecule has 0 amide bonds. The third-order valence-electron chi connectivity index (χ3n) is 1.78. The molecule has 1 unspecified atom stereocenters. The number of rotatable bonds is 2. The number of benzene rings is 1. The minimum absolute atomic E-state index is 0.255. The van der Waals surface area contributed by atoms with Gasteiger partial charge in [0.1, 0.15) is 11.6 Å². The Hall–Kier alpha value is -1.58. The van der Waals surface area contributed by atoms with E-state index in [9.17, 15) is 9.18 Å². The zero-order valence-corrected chi connectivity index (χ0v) is 6.99. The first-order valence-electron chi connectivity index (χ1n) is 3.73. The summed E-state index contributed by atoms with van der Waals surface area (Å²) in [4.78, 5) is 10.5. The Morgan fingerprint density at radius 1 is 1.46 bits per heavy atom. The molecule has 0 radical (unpaired) electrons. The largest absolute Gasteiger partial charge is 0.508 e. The summed E-state index contributed by atoms with van der Waals surface area (Å²) in [7, 11) is 0. The van der Waals surface area contributed by atoms with E-state index in [1.807, 2.05) is 0 Å². The third kappa shape index (κ3) is 2.18. The average molecular weight is 184 g/mol. The molecule has 1 atom stereocenters. The van der Waals surface area contributed by atoms with Gasteiger partial charge in [-0.05, 0) is 24.6 Å². The molecule has 0 aliphatic heterocycles. The van der Waals surface area contributed by atoms with E-state index in [-0.39, 0.29) is 11.3 Å². The molecule has 0 bridgehead atoms. The Balaban J connectivity index is 3.07. The quantitative estimate of drug-likeness (QED) is 0.735. The SMILES string of the molecule is CC(C(=O)O)c1cc(O)cc(F)c1. The first-order valence-corrected chi connectivity index (χ1v) is 3.73. The van der Waals surface area contributed by atoms with Crippen LogP contribution in [0.1, 0.15) is 18.4 Å². The number of carbonyl (C=O) groups is 1. The molecule has 0 aromatic heterocycles. The summed E-state index contributed by atoms with van der Waals surface area (Å²) in [6, 6.07) is 3.26. The lowest BCUT2D eigenvalue weighted by Gasteiger charge is -2.06. The standard InChI is InChI=1S/C9H9FO3/c1-5(9(12)13)6-2-7(10)4-8(11)3-6/h2-5,11H,1H3,(H,12,13). The van der Waals surface area contributed by atoms with Gasteiger partial charge in [-0.15, -0.1) is 0 Å². The minimum Gasteiger partial charge on any atom is -0.508 e. The Kier molecular flexibility index (Phi) is 2.51. The van der Waals surface area contributed by atoms with E-state index in [0.29, 0.717) is 0 Å². The summed E-state index contributed by atoms with van der Waals surface area (Å²) in [5.41, 5.74) is 0.255. The summed E-state index contributed by atoms with van der Waals surface area (Å²) in [5, 5.41) is 17.6. The highest BCUT2D eigenvalue weighted by Gasteiger charge is 2.14. The fourth-order valence-corrected chi connectivity index (χ4v) is 0.989. The summed E-state index contributed by atoms with van der Waals surface area (Å²) in [6.07, 6.45) is 0. The fourth-order valence-electron chi connectivity index (χ4n) is 0.989. The van der Waals surface area contributed by atoms with E-state index in [4.69, 9.17) is 10.2 Å². The summed E-state index contributed by atoms with van der Waals surface area (Å²) in [6.45, 7) is 1.43. The number of carboxylic acid groups (broad SMARTS) is 1. The van der Waals surface area contributed by atoms with Crippen LogP contribution in [0.2, 0.25) is 0 Å². The van der Waals surface area contributed by atoms with Crippen molar-refractivity contribution < 1.29 is 19.4 Å². The second-order valence-electron chi connectivity index (χ2n) is 2.80. The maximum absolute atomic E-state index is 12.7. The Morgan fingerprint density at radius 3 is 2.54 bits per heavy atom. The molecule has 70 valence electrons. The van der Waals surface area contributed by atoms with Gasteiger partial charge in [-0.2, -0.15) is 0 Å². The highest BCUT2D eigenvalue weighted by Crippen LogP contribution is 2.21. The Bertz CT molecular complexity index is 315. The van der Waals surface area contributed by atoms with Crippen LogP contribution >= 0.6 is 0 Å². The maximum atomic E-state index is 12.7. The molecular weight excluding hydrogens is 175 g/mol. The van der Waals surface area contributed by atoms with Gasteiger partial charge in [-0.25, -0.2) is 4.39 Å². The van der Waals surface area contributed by atoms with Crippen molar-refractivity contribution in [3.05, 3.63) is 29.6 Å². The molecule has 0 fully saturated rings. The number of aliphatic carboxylic acids is 1. The highest BCUT2D eigenvalue weighted by molar-refractivity contribution is 5.75. The summed E-state index contributed by atoms with van der Waals surface area (Å²) < 4.78 is 12.7. The second kappa shape index (κ2) is 3.43. The van der Waals surface area contributed by atoms with E-state index in [2.05, 4.69) is 0 Å². The van der Waals surface area contributed by atoms with Gasteiger partial charge in [-0.1, -0.05) is 0 Å². The van der Waals surface area contributed by atoms with Gasteiger partial charge in [0.05, 0.1) is 5.92 Å². The molecule has 4 heteroatoms. The third-order valence-corrected chi connectivity index (χ3v) is 1.78. The predicted octanol–water partition coefficient (Wildman–Crippen LogP) is 1.72. The molecule has 0 aliphatic carbocycles. The predicted molar refractivity (Wildman–Crippen MR) is 44.1 cm³/mol. The normalized spacial score (nSPS) is 12.5. The molecule has 0 heterocycles. The summed E-state index contributed by atoms with van der Waals surface area (Å²) in [5.74, 6) is -2.77. The molecule has 0 saturated carbocycles. The van der Waals surface area contributed by atoms with Crippen LogP contribution in [0.5, 0.6) is 5.75 Å². The molecule has 0 spiro atoms. The van der Waals surface area contributed by atoms with Crippen molar-refractivity contribution in [1.29, 1.82) is 0 Å². The van der Waals surface area contributed by atoms with E-state index < -0.39 is 17.7 Å². The van der Waals surface area contributed by atoms with Crippen LogP contribution in [-0.2, 0) is 4.79 Å². The number of carboxylic acids is 1.